The molecule has 1 aliphatic rings. The van der Waals surface area contributed by atoms with Crippen LogP contribution in [0.25, 0.3) is 0 Å². The maximum atomic E-state index is 11.6. The molecule has 0 saturated heterocycles. The summed E-state index contributed by atoms with van der Waals surface area (Å²) in [5.74, 6) is 1.10. The molecule has 0 aromatic carbocycles. The van der Waals surface area contributed by atoms with E-state index < -0.39 is 15.1 Å². The first-order valence-electron chi connectivity index (χ1n) is 6.32. The van der Waals surface area contributed by atoms with Crippen molar-refractivity contribution in [2.24, 2.45) is 0 Å². The van der Waals surface area contributed by atoms with Gasteiger partial charge in [0.2, 0.25) is 0 Å². The van der Waals surface area contributed by atoms with E-state index in [1.165, 1.54) is 19.1 Å². The lowest BCUT2D eigenvalue weighted by atomic mass is 10.0. The average molecular weight is 395 g/mol. The standard InChI is InChI=1S/C12H18IN3O2S/c1-7(19(2,17)18)12-15-10(8-5-3-4-6-8)9(13)11(14)16-12/h7-8H,3-6H2,1-2H3,(H2,14,15,16). The van der Waals surface area contributed by atoms with Gasteiger partial charge in [-0.2, -0.15) is 0 Å². The van der Waals surface area contributed by atoms with Gasteiger partial charge in [0.25, 0.3) is 0 Å². The maximum absolute atomic E-state index is 11.6. The van der Waals surface area contributed by atoms with Gasteiger partial charge in [-0.05, 0) is 42.4 Å². The van der Waals surface area contributed by atoms with Gasteiger partial charge in [0.1, 0.15) is 16.9 Å². The van der Waals surface area contributed by atoms with E-state index in [1.807, 2.05) is 0 Å². The first-order valence-corrected chi connectivity index (χ1v) is 9.35. The molecule has 1 aromatic rings. The Morgan fingerprint density at radius 2 is 1.89 bits per heavy atom. The molecular weight excluding hydrogens is 377 g/mol. The molecule has 1 aromatic heterocycles. The Bertz CT molecular complexity index is 583. The summed E-state index contributed by atoms with van der Waals surface area (Å²) in [7, 11) is -3.21. The number of sulfone groups is 1. The monoisotopic (exact) mass is 395 g/mol. The van der Waals surface area contributed by atoms with Crippen LogP contribution in [0.1, 0.15) is 55.3 Å². The largest absolute Gasteiger partial charge is 0.383 e. The van der Waals surface area contributed by atoms with Crippen molar-refractivity contribution >= 4 is 38.2 Å². The van der Waals surface area contributed by atoms with Crippen LogP contribution in [0.3, 0.4) is 0 Å². The number of nitrogens with two attached hydrogens (primary N) is 1. The molecule has 0 aliphatic heterocycles. The van der Waals surface area contributed by atoms with E-state index >= 15 is 0 Å². The number of aromatic nitrogens is 2. The molecule has 1 aliphatic carbocycles. The number of rotatable bonds is 3. The molecule has 0 amide bonds. The molecule has 1 fully saturated rings. The number of halogens is 1. The Balaban J connectivity index is 2.47. The van der Waals surface area contributed by atoms with E-state index in [9.17, 15) is 8.42 Å². The van der Waals surface area contributed by atoms with Gasteiger partial charge >= 0.3 is 0 Å². The fraction of sp³-hybridized carbons (Fsp3) is 0.667. The van der Waals surface area contributed by atoms with Crippen molar-refractivity contribution in [2.75, 3.05) is 12.0 Å². The van der Waals surface area contributed by atoms with Crippen LogP contribution in [0.15, 0.2) is 0 Å². The van der Waals surface area contributed by atoms with Crippen LogP contribution in [0, 0.1) is 3.57 Å². The maximum Gasteiger partial charge on any atom is 0.157 e. The molecule has 1 atom stereocenters. The topological polar surface area (TPSA) is 85.9 Å². The van der Waals surface area contributed by atoms with Crippen molar-refractivity contribution in [1.29, 1.82) is 0 Å². The number of hydrogen-bond donors (Lipinski definition) is 1. The zero-order valence-electron chi connectivity index (χ0n) is 11.1. The Labute approximate surface area is 127 Å². The highest BCUT2D eigenvalue weighted by atomic mass is 127. The lowest BCUT2D eigenvalue weighted by molar-refractivity contribution is 0.587. The molecule has 0 spiro atoms. The fourth-order valence-electron chi connectivity index (χ4n) is 2.34. The van der Waals surface area contributed by atoms with E-state index in [0.29, 0.717) is 17.6 Å². The fourth-order valence-corrected chi connectivity index (χ4v) is 3.51. The Hall–Kier alpha value is -0.440. The van der Waals surface area contributed by atoms with E-state index in [0.717, 1.165) is 22.1 Å². The third-order valence-electron chi connectivity index (χ3n) is 3.67. The smallest absolute Gasteiger partial charge is 0.157 e. The highest BCUT2D eigenvalue weighted by Gasteiger charge is 2.27. The van der Waals surface area contributed by atoms with E-state index in [-0.39, 0.29) is 0 Å². The van der Waals surface area contributed by atoms with Crippen LogP contribution in [0.2, 0.25) is 0 Å². The molecule has 0 radical (unpaired) electrons. The van der Waals surface area contributed by atoms with Crippen LogP contribution in [0.4, 0.5) is 5.82 Å². The zero-order valence-corrected chi connectivity index (χ0v) is 14.0. The van der Waals surface area contributed by atoms with E-state index in [2.05, 4.69) is 32.6 Å². The van der Waals surface area contributed by atoms with Crippen LogP contribution >= 0.6 is 22.6 Å². The summed E-state index contributed by atoms with van der Waals surface area (Å²) in [6, 6.07) is 0. The second-order valence-electron chi connectivity index (χ2n) is 5.12. The predicted octanol–water partition coefficient (Wildman–Crippen LogP) is 2.43. The summed E-state index contributed by atoms with van der Waals surface area (Å²) in [5.41, 5.74) is 6.84. The molecule has 2 rings (SSSR count). The summed E-state index contributed by atoms with van der Waals surface area (Å²) in [6.45, 7) is 1.61. The molecule has 7 heteroatoms. The molecule has 19 heavy (non-hydrogen) atoms. The van der Waals surface area contributed by atoms with Crippen molar-refractivity contribution in [2.45, 2.75) is 43.8 Å². The van der Waals surface area contributed by atoms with Gasteiger partial charge in [-0.25, -0.2) is 18.4 Å². The molecule has 2 N–H and O–H groups in total. The first-order chi connectivity index (χ1) is 8.80. The molecule has 106 valence electrons. The van der Waals surface area contributed by atoms with Crippen molar-refractivity contribution < 1.29 is 8.42 Å². The minimum Gasteiger partial charge on any atom is -0.383 e. The van der Waals surface area contributed by atoms with E-state index in [4.69, 9.17) is 5.73 Å². The third kappa shape index (κ3) is 3.18. The summed E-state index contributed by atoms with van der Waals surface area (Å²) < 4.78 is 24.1. The SMILES string of the molecule is CC(c1nc(N)c(I)c(C2CCCC2)n1)S(C)(=O)=O. The number of hydrogen-bond acceptors (Lipinski definition) is 5. The summed E-state index contributed by atoms with van der Waals surface area (Å²) >= 11 is 2.16. The van der Waals surface area contributed by atoms with Crippen molar-refractivity contribution in [3.8, 4) is 0 Å². The molecule has 1 saturated carbocycles. The molecular formula is C12H18IN3O2S. The van der Waals surface area contributed by atoms with Crippen molar-refractivity contribution in [3.05, 3.63) is 15.1 Å². The van der Waals surface area contributed by atoms with Crippen molar-refractivity contribution in [1.82, 2.24) is 9.97 Å². The Morgan fingerprint density at radius 3 is 2.42 bits per heavy atom. The first kappa shape index (κ1) is 15.0. The third-order valence-corrected chi connectivity index (χ3v) is 6.27. The zero-order chi connectivity index (χ0) is 14.2. The summed E-state index contributed by atoms with van der Waals surface area (Å²) in [5, 5.41) is -0.716. The van der Waals surface area contributed by atoms with Gasteiger partial charge in [0.05, 0.1) is 9.26 Å². The quantitative estimate of drug-likeness (QED) is 0.795. The van der Waals surface area contributed by atoms with Crippen LogP contribution in [-0.2, 0) is 9.84 Å². The van der Waals surface area contributed by atoms with Gasteiger partial charge in [-0.3, -0.25) is 0 Å². The van der Waals surface area contributed by atoms with Gasteiger partial charge in [0, 0.05) is 12.2 Å². The second-order valence-corrected chi connectivity index (χ2v) is 8.56. The van der Waals surface area contributed by atoms with Gasteiger partial charge in [-0.15, -0.1) is 0 Å². The highest BCUT2D eigenvalue weighted by molar-refractivity contribution is 14.1. The van der Waals surface area contributed by atoms with Crippen LogP contribution in [-0.4, -0.2) is 24.6 Å². The predicted molar refractivity (Wildman–Crippen MR) is 83.6 cm³/mol. The number of nitrogen functional groups attached to an aromatic ring is 1. The minimum absolute atomic E-state index is 0.322. The van der Waals surface area contributed by atoms with Crippen molar-refractivity contribution in [3.63, 3.8) is 0 Å². The van der Waals surface area contributed by atoms with Gasteiger partial charge in [-0.1, -0.05) is 12.8 Å². The van der Waals surface area contributed by atoms with Crippen LogP contribution in [0.5, 0.6) is 0 Å². The summed E-state index contributed by atoms with van der Waals surface area (Å²) in [4.78, 5) is 8.65. The van der Waals surface area contributed by atoms with Gasteiger partial charge in [0.15, 0.2) is 9.84 Å². The second kappa shape index (κ2) is 5.51. The van der Waals surface area contributed by atoms with E-state index in [1.54, 1.807) is 6.92 Å². The average Bonchev–Trinajstić information content (AvgIpc) is 2.83. The molecule has 1 heterocycles. The molecule has 0 bridgehead atoms. The minimum atomic E-state index is -3.21. The normalized spacial score (nSPS) is 18.7. The Morgan fingerprint density at radius 1 is 1.32 bits per heavy atom. The lowest BCUT2D eigenvalue weighted by Crippen LogP contribution is -2.16. The number of anilines is 1. The molecule has 5 nitrogen and oxygen atoms in total. The Kier molecular flexibility index (Phi) is 4.34. The van der Waals surface area contributed by atoms with Crippen LogP contribution < -0.4 is 5.73 Å². The molecule has 1 unspecified atom stereocenters. The highest BCUT2D eigenvalue weighted by Crippen LogP contribution is 2.37. The summed E-state index contributed by atoms with van der Waals surface area (Å²) in [6.07, 6.45) is 5.78. The van der Waals surface area contributed by atoms with Gasteiger partial charge < -0.3 is 5.73 Å². The lowest BCUT2D eigenvalue weighted by Gasteiger charge is -2.16. The number of nitrogens with zero attached hydrogens (tertiary/aromatic N) is 2.